The third kappa shape index (κ3) is 1.95. The number of hydrogen-bond acceptors (Lipinski definition) is 3. The molecule has 0 amide bonds. The van der Waals surface area contributed by atoms with Crippen molar-refractivity contribution in [2.24, 2.45) is 0 Å². The van der Waals surface area contributed by atoms with Gasteiger partial charge in [-0.15, -0.1) is 0 Å². The van der Waals surface area contributed by atoms with Gasteiger partial charge in [-0.05, 0) is 29.0 Å². The minimum atomic E-state index is -0.0866. The largest absolute Gasteiger partial charge is 0.456 e. The molecule has 2 N–H and O–H groups in total. The summed E-state index contributed by atoms with van der Waals surface area (Å²) in [5.74, 6) is 0.569. The maximum absolute atomic E-state index is 12.3. The Hall–Kier alpha value is -3.07. The molecule has 3 aromatic carbocycles. The van der Waals surface area contributed by atoms with E-state index in [-0.39, 0.29) is 5.43 Å². The van der Waals surface area contributed by atoms with E-state index in [0.29, 0.717) is 22.4 Å². The molecule has 0 unspecified atom stereocenters. The second-order valence-electron chi connectivity index (χ2n) is 5.26. The number of anilines is 1. The Balaban J connectivity index is 2.05. The smallest absolute Gasteiger partial charge is 0.193 e. The van der Waals surface area contributed by atoms with Crippen LogP contribution in [0.5, 0.6) is 0 Å². The van der Waals surface area contributed by atoms with Crippen molar-refractivity contribution in [3.63, 3.8) is 0 Å². The van der Waals surface area contributed by atoms with Crippen molar-refractivity contribution in [2.45, 2.75) is 0 Å². The minimum Gasteiger partial charge on any atom is -0.456 e. The molecule has 0 bridgehead atoms. The van der Waals surface area contributed by atoms with Gasteiger partial charge in [0, 0.05) is 17.3 Å². The molecule has 3 nitrogen and oxygen atoms in total. The zero-order chi connectivity index (χ0) is 15.1. The first-order chi connectivity index (χ1) is 10.7. The topological polar surface area (TPSA) is 56.2 Å². The van der Waals surface area contributed by atoms with Crippen molar-refractivity contribution in [1.82, 2.24) is 0 Å². The standard InChI is InChI=1S/C19H13NO2/c20-13-8-9-18-16(10-13)17(21)11-19(22-18)15-7-3-5-12-4-1-2-6-14(12)15/h1-11H,20H2. The summed E-state index contributed by atoms with van der Waals surface area (Å²) in [6.45, 7) is 0. The van der Waals surface area contributed by atoms with Gasteiger partial charge in [0.15, 0.2) is 5.43 Å². The third-order valence-corrected chi connectivity index (χ3v) is 3.81. The van der Waals surface area contributed by atoms with Crippen molar-refractivity contribution in [3.8, 4) is 11.3 Å². The molecule has 0 aliphatic heterocycles. The molecule has 3 heteroatoms. The molecule has 22 heavy (non-hydrogen) atoms. The maximum Gasteiger partial charge on any atom is 0.193 e. The number of nitrogens with two attached hydrogens (primary N) is 1. The highest BCUT2D eigenvalue weighted by Gasteiger charge is 2.09. The van der Waals surface area contributed by atoms with Crippen molar-refractivity contribution >= 4 is 27.4 Å². The van der Waals surface area contributed by atoms with Crippen LogP contribution in [0.4, 0.5) is 5.69 Å². The molecule has 0 saturated carbocycles. The lowest BCUT2D eigenvalue weighted by Crippen LogP contribution is -2.01. The average molecular weight is 287 g/mol. The van der Waals surface area contributed by atoms with Gasteiger partial charge < -0.3 is 10.2 Å². The predicted molar refractivity (Wildman–Crippen MR) is 89.8 cm³/mol. The highest BCUT2D eigenvalue weighted by molar-refractivity contribution is 5.96. The number of benzene rings is 3. The van der Waals surface area contributed by atoms with Crippen molar-refractivity contribution in [3.05, 3.63) is 77.0 Å². The number of hydrogen-bond donors (Lipinski definition) is 1. The predicted octanol–water partition coefficient (Wildman–Crippen LogP) is 4.20. The van der Waals surface area contributed by atoms with E-state index in [2.05, 4.69) is 0 Å². The zero-order valence-corrected chi connectivity index (χ0v) is 11.7. The lowest BCUT2D eigenvalue weighted by molar-refractivity contribution is 0.620. The monoisotopic (exact) mass is 287 g/mol. The van der Waals surface area contributed by atoms with Gasteiger partial charge in [-0.25, -0.2) is 0 Å². The summed E-state index contributed by atoms with van der Waals surface area (Å²) in [5.41, 5.74) is 7.66. The summed E-state index contributed by atoms with van der Waals surface area (Å²) in [4.78, 5) is 12.3. The van der Waals surface area contributed by atoms with E-state index in [4.69, 9.17) is 10.2 Å². The van der Waals surface area contributed by atoms with E-state index in [1.807, 2.05) is 42.5 Å². The minimum absolute atomic E-state index is 0.0866. The molecule has 0 fully saturated rings. The third-order valence-electron chi connectivity index (χ3n) is 3.81. The first kappa shape index (κ1) is 12.7. The van der Waals surface area contributed by atoms with Gasteiger partial charge in [-0.3, -0.25) is 4.79 Å². The van der Waals surface area contributed by atoms with Gasteiger partial charge in [0.1, 0.15) is 11.3 Å². The average Bonchev–Trinajstić information content (AvgIpc) is 2.55. The van der Waals surface area contributed by atoms with Gasteiger partial charge >= 0.3 is 0 Å². The summed E-state index contributed by atoms with van der Waals surface area (Å²) in [6.07, 6.45) is 0. The lowest BCUT2D eigenvalue weighted by atomic mass is 10.0. The van der Waals surface area contributed by atoms with Crippen LogP contribution in [-0.4, -0.2) is 0 Å². The number of nitrogen functional groups attached to an aromatic ring is 1. The summed E-state index contributed by atoms with van der Waals surface area (Å²) in [6, 6.07) is 20.7. The normalized spacial score (nSPS) is 11.1. The van der Waals surface area contributed by atoms with Crippen molar-refractivity contribution in [1.29, 1.82) is 0 Å². The molecule has 0 atom stereocenters. The Kier molecular flexibility index (Phi) is 2.73. The van der Waals surface area contributed by atoms with Gasteiger partial charge in [0.05, 0.1) is 5.39 Å². The number of rotatable bonds is 1. The number of fused-ring (bicyclic) bond motifs is 2. The molecular weight excluding hydrogens is 274 g/mol. The molecule has 0 aliphatic carbocycles. The van der Waals surface area contributed by atoms with E-state index < -0.39 is 0 Å². The molecule has 0 saturated heterocycles. The second kappa shape index (κ2) is 4.74. The van der Waals surface area contributed by atoms with Gasteiger partial charge in [0.25, 0.3) is 0 Å². The van der Waals surface area contributed by atoms with E-state index >= 15 is 0 Å². The van der Waals surface area contributed by atoms with Crippen LogP contribution in [0.15, 0.2) is 75.9 Å². The van der Waals surface area contributed by atoms with Crippen LogP contribution >= 0.6 is 0 Å². The molecule has 4 aromatic rings. The molecule has 1 aromatic heterocycles. The van der Waals surface area contributed by atoms with Crippen LogP contribution in [0.2, 0.25) is 0 Å². The van der Waals surface area contributed by atoms with E-state index in [9.17, 15) is 4.79 Å². The second-order valence-corrected chi connectivity index (χ2v) is 5.26. The fourth-order valence-electron chi connectivity index (χ4n) is 2.75. The van der Waals surface area contributed by atoms with Gasteiger partial charge in [0.2, 0.25) is 0 Å². The highest BCUT2D eigenvalue weighted by Crippen LogP contribution is 2.29. The Morgan fingerprint density at radius 2 is 1.64 bits per heavy atom. The first-order valence-electron chi connectivity index (χ1n) is 7.04. The first-order valence-corrected chi connectivity index (χ1v) is 7.04. The summed E-state index contributed by atoms with van der Waals surface area (Å²) in [5, 5.41) is 2.67. The molecule has 0 aliphatic rings. The Morgan fingerprint density at radius 3 is 2.55 bits per heavy atom. The van der Waals surface area contributed by atoms with Crippen LogP contribution < -0.4 is 11.2 Å². The molecule has 1 heterocycles. The molecule has 0 radical (unpaired) electrons. The Morgan fingerprint density at radius 1 is 0.818 bits per heavy atom. The molecule has 106 valence electrons. The summed E-state index contributed by atoms with van der Waals surface area (Å²) < 4.78 is 5.94. The van der Waals surface area contributed by atoms with Crippen LogP contribution in [-0.2, 0) is 0 Å². The zero-order valence-electron chi connectivity index (χ0n) is 11.7. The highest BCUT2D eigenvalue weighted by atomic mass is 16.3. The van der Waals surface area contributed by atoms with Crippen LogP contribution in [0.1, 0.15) is 0 Å². The maximum atomic E-state index is 12.3. The fraction of sp³-hybridized carbons (Fsp3) is 0. The fourth-order valence-corrected chi connectivity index (χ4v) is 2.75. The quantitative estimate of drug-likeness (QED) is 0.534. The van der Waals surface area contributed by atoms with E-state index in [1.165, 1.54) is 6.07 Å². The molecular formula is C19H13NO2. The van der Waals surface area contributed by atoms with Crippen LogP contribution in [0, 0.1) is 0 Å². The van der Waals surface area contributed by atoms with E-state index in [0.717, 1.165) is 16.3 Å². The van der Waals surface area contributed by atoms with Crippen molar-refractivity contribution in [2.75, 3.05) is 5.73 Å². The summed E-state index contributed by atoms with van der Waals surface area (Å²) >= 11 is 0. The Labute approximate surface area is 126 Å². The Bertz CT molecular complexity index is 1060. The van der Waals surface area contributed by atoms with Crippen LogP contribution in [0.25, 0.3) is 33.1 Å². The van der Waals surface area contributed by atoms with Gasteiger partial charge in [-0.2, -0.15) is 0 Å². The SMILES string of the molecule is Nc1ccc2oc(-c3cccc4ccccc34)cc(=O)c2c1. The van der Waals surface area contributed by atoms with E-state index in [1.54, 1.807) is 18.2 Å². The van der Waals surface area contributed by atoms with Gasteiger partial charge in [-0.1, -0.05) is 42.5 Å². The molecule has 0 spiro atoms. The molecule has 4 rings (SSSR count). The summed E-state index contributed by atoms with van der Waals surface area (Å²) in [7, 11) is 0. The van der Waals surface area contributed by atoms with Crippen LogP contribution in [0.3, 0.4) is 0 Å². The lowest BCUT2D eigenvalue weighted by Gasteiger charge is -2.07. The van der Waals surface area contributed by atoms with Crippen molar-refractivity contribution < 1.29 is 4.42 Å².